The van der Waals surface area contributed by atoms with E-state index in [-0.39, 0.29) is 41.5 Å². The molecule has 1 saturated heterocycles. The molecule has 0 radical (unpaired) electrons. The van der Waals surface area contributed by atoms with Gasteiger partial charge < -0.3 is 21.1 Å². The summed E-state index contributed by atoms with van der Waals surface area (Å²) in [5.41, 5.74) is 5.64. The van der Waals surface area contributed by atoms with E-state index in [9.17, 15) is 22.8 Å². The maximum absolute atomic E-state index is 13.6. The van der Waals surface area contributed by atoms with Crippen molar-refractivity contribution < 1.29 is 27.5 Å². The summed E-state index contributed by atoms with van der Waals surface area (Å²) in [4.78, 5) is 38.0. The highest BCUT2D eigenvalue weighted by molar-refractivity contribution is 7.99. The molecule has 3 unspecified atom stereocenters. The Morgan fingerprint density at radius 2 is 1.81 bits per heavy atom. The minimum absolute atomic E-state index is 0.0321. The number of rotatable bonds is 11. The van der Waals surface area contributed by atoms with Crippen LogP contribution < -0.4 is 21.1 Å². The molecule has 2 aliphatic rings. The van der Waals surface area contributed by atoms with E-state index >= 15 is 0 Å². The Kier molecular flexibility index (Phi) is 10.7. The lowest BCUT2D eigenvalue weighted by atomic mass is 9.84. The Morgan fingerprint density at radius 3 is 2.41 bits per heavy atom. The number of ether oxygens (including phenoxy) is 1. The van der Waals surface area contributed by atoms with Gasteiger partial charge in [0.1, 0.15) is 17.8 Å². The summed E-state index contributed by atoms with van der Waals surface area (Å²) >= 11 is 1.38. The second kappa shape index (κ2) is 13.5. The van der Waals surface area contributed by atoms with Crippen molar-refractivity contribution in [3.8, 4) is 5.75 Å². The number of hydrogen-bond acceptors (Lipinski definition) is 7. The van der Waals surface area contributed by atoms with Crippen molar-refractivity contribution in [1.29, 1.82) is 0 Å². The standard InChI is InChI=1S/C25H38N4O6S2/c1-35-19-8-10-20(11-9-19)37(33,34)29-13-12-18(27-23(30)16-36-2)15-22(29)25(32)28-21(24(26)31)14-17-6-4-3-5-7-17/h8-11,17-18,21-22H,3-7,12-16H2,1-2H3,(H2,26,31)(H,27,30)(H,28,32). The zero-order valence-electron chi connectivity index (χ0n) is 21.5. The van der Waals surface area contributed by atoms with Gasteiger partial charge in [-0.15, -0.1) is 0 Å². The molecule has 1 aromatic carbocycles. The zero-order valence-corrected chi connectivity index (χ0v) is 23.1. The molecule has 10 nitrogen and oxygen atoms in total. The van der Waals surface area contributed by atoms with Crippen LogP contribution in [0.4, 0.5) is 0 Å². The fourth-order valence-corrected chi connectivity index (χ4v) is 7.11. The van der Waals surface area contributed by atoms with Crippen molar-refractivity contribution in [3.05, 3.63) is 24.3 Å². The molecule has 4 N–H and O–H groups in total. The SMILES string of the molecule is COc1ccc(S(=O)(=O)N2CCC(NC(=O)CSC)CC2C(=O)NC(CC2CCCCC2)C(N)=O)cc1. The number of benzene rings is 1. The first-order chi connectivity index (χ1) is 17.6. The highest BCUT2D eigenvalue weighted by atomic mass is 32.2. The van der Waals surface area contributed by atoms with E-state index in [0.29, 0.717) is 18.6 Å². The highest BCUT2D eigenvalue weighted by Gasteiger charge is 2.42. The maximum Gasteiger partial charge on any atom is 0.243 e. The van der Waals surface area contributed by atoms with Gasteiger partial charge in [0.15, 0.2) is 0 Å². The van der Waals surface area contributed by atoms with Gasteiger partial charge in [0.25, 0.3) is 0 Å². The van der Waals surface area contributed by atoms with Crippen LogP contribution in [-0.4, -0.2) is 74.2 Å². The van der Waals surface area contributed by atoms with Crippen LogP contribution in [0.3, 0.4) is 0 Å². The topological polar surface area (TPSA) is 148 Å². The van der Waals surface area contributed by atoms with Crippen molar-refractivity contribution in [2.45, 2.75) is 74.4 Å². The van der Waals surface area contributed by atoms with Crippen LogP contribution in [0.5, 0.6) is 5.75 Å². The minimum Gasteiger partial charge on any atom is -0.497 e. The predicted molar refractivity (Wildman–Crippen MR) is 143 cm³/mol. The number of hydrogen-bond donors (Lipinski definition) is 3. The molecule has 12 heteroatoms. The van der Waals surface area contributed by atoms with Gasteiger partial charge in [0.05, 0.1) is 17.8 Å². The van der Waals surface area contributed by atoms with Gasteiger partial charge in [-0.05, 0) is 55.7 Å². The lowest BCUT2D eigenvalue weighted by Gasteiger charge is -2.38. The lowest BCUT2D eigenvalue weighted by molar-refractivity contribution is -0.131. The molecule has 3 amide bonds. The first-order valence-corrected chi connectivity index (χ1v) is 15.5. The first-order valence-electron chi connectivity index (χ1n) is 12.7. The van der Waals surface area contributed by atoms with Crippen LogP contribution in [0.2, 0.25) is 0 Å². The molecule has 0 bridgehead atoms. The number of thioether (sulfide) groups is 1. The molecule has 0 aromatic heterocycles. The second-order valence-corrected chi connectivity index (χ2v) is 12.5. The summed E-state index contributed by atoms with van der Waals surface area (Å²) in [6.45, 7) is 0.0422. The molecule has 1 saturated carbocycles. The van der Waals surface area contributed by atoms with Gasteiger partial charge in [-0.3, -0.25) is 14.4 Å². The summed E-state index contributed by atoms with van der Waals surface area (Å²) in [5, 5.41) is 5.65. The number of amides is 3. The van der Waals surface area contributed by atoms with Crippen LogP contribution in [0.1, 0.15) is 51.4 Å². The summed E-state index contributed by atoms with van der Waals surface area (Å²) in [5.74, 6) is -0.321. The molecule has 1 aromatic rings. The summed E-state index contributed by atoms with van der Waals surface area (Å²) in [6, 6.07) is 3.61. The zero-order chi connectivity index (χ0) is 27.0. The Hall–Kier alpha value is -2.31. The summed E-state index contributed by atoms with van der Waals surface area (Å²) < 4.78 is 33.5. The van der Waals surface area contributed by atoms with E-state index in [1.165, 1.54) is 35.3 Å². The molecular weight excluding hydrogens is 516 g/mol. The second-order valence-electron chi connectivity index (χ2n) is 9.73. The average molecular weight is 555 g/mol. The third-order valence-corrected chi connectivity index (χ3v) is 9.59. The molecule has 1 aliphatic heterocycles. The summed E-state index contributed by atoms with van der Waals surface area (Å²) in [7, 11) is -2.55. The number of nitrogens with zero attached hydrogens (tertiary/aromatic N) is 1. The van der Waals surface area contributed by atoms with E-state index in [2.05, 4.69) is 10.6 Å². The molecule has 2 fully saturated rings. The van der Waals surface area contributed by atoms with Crippen LogP contribution in [0, 0.1) is 5.92 Å². The van der Waals surface area contributed by atoms with E-state index in [1.54, 1.807) is 12.1 Å². The van der Waals surface area contributed by atoms with Crippen molar-refractivity contribution in [2.75, 3.05) is 25.7 Å². The number of nitrogens with two attached hydrogens (primary N) is 1. The van der Waals surface area contributed by atoms with Crippen LogP contribution in [-0.2, 0) is 24.4 Å². The minimum atomic E-state index is -4.04. The normalized spacial score (nSPS) is 22.1. The monoisotopic (exact) mass is 554 g/mol. The van der Waals surface area contributed by atoms with Gasteiger partial charge in [-0.2, -0.15) is 16.1 Å². The maximum atomic E-state index is 13.6. The van der Waals surface area contributed by atoms with Crippen molar-refractivity contribution in [2.24, 2.45) is 11.7 Å². The Morgan fingerprint density at radius 1 is 1.14 bits per heavy atom. The van der Waals surface area contributed by atoms with E-state index < -0.39 is 33.9 Å². The van der Waals surface area contributed by atoms with Crippen LogP contribution >= 0.6 is 11.8 Å². The Balaban J connectivity index is 1.83. The number of carbonyl (C=O) groups excluding carboxylic acids is 3. The van der Waals surface area contributed by atoms with E-state index in [1.807, 2.05) is 6.26 Å². The molecule has 37 heavy (non-hydrogen) atoms. The largest absolute Gasteiger partial charge is 0.497 e. The van der Waals surface area contributed by atoms with E-state index in [4.69, 9.17) is 10.5 Å². The van der Waals surface area contributed by atoms with Crippen molar-refractivity contribution >= 4 is 39.5 Å². The average Bonchev–Trinajstić information content (AvgIpc) is 2.88. The molecule has 206 valence electrons. The number of sulfonamides is 1. The smallest absolute Gasteiger partial charge is 0.243 e. The third kappa shape index (κ3) is 7.84. The van der Waals surface area contributed by atoms with Gasteiger partial charge in [-0.25, -0.2) is 8.42 Å². The van der Waals surface area contributed by atoms with Gasteiger partial charge in [-0.1, -0.05) is 32.1 Å². The molecule has 3 rings (SSSR count). The van der Waals surface area contributed by atoms with Crippen molar-refractivity contribution in [3.63, 3.8) is 0 Å². The third-order valence-electron chi connectivity index (χ3n) is 7.12. The quantitative estimate of drug-likeness (QED) is 0.377. The summed E-state index contributed by atoms with van der Waals surface area (Å²) in [6.07, 6.45) is 7.99. The number of nitrogens with one attached hydrogen (secondary N) is 2. The number of methoxy groups -OCH3 is 1. The van der Waals surface area contributed by atoms with Crippen molar-refractivity contribution in [1.82, 2.24) is 14.9 Å². The molecular formula is C25H38N4O6S2. The molecule has 1 heterocycles. The van der Waals surface area contributed by atoms with Crippen LogP contribution in [0.15, 0.2) is 29.2 Å². The molecule has 0 spiro atoms. The first kappa shape index (κ1) is 29.2. The molecule has 3 atom stereocenters. The fourth-order valence-electron chi connectivity index (χ4n) is 5.15. The lowest BCUT2D eigenvalue weighted by Crippen LogP contribution is -2.59. The van der Waals surface area contributed by atoms with Gasteiger partial charge in [0, 0.05) is 12.6 Å². The van der Waals surface area contributed by atoms with Crippen LogP contribution in [0.25, 0.3) is 0 Å². The number of carbonyl (C=O) groups is 3. The van der Waals surface area contributed by atoms with Gasteiger partial charge in [0.2, 0.25) is 27.7 Å². The molecule has 1 aliphatic carbocycles. The number of piperidine rings is 1. The van der Waals surface area contributed by atoms with Gasteiger partial charge >= 0.3 is 0 Å². The predicted octanol–water partition coefficient (Wildman–Crippen LogP) is 1.64. The fraction of sp³-hybridized carbons (Fsp3) is 0.640. The number of primary amides is 1. The van der Waals surface area contributed by atoms with E-state index in [0.717, 1.165) is 32.1 Å². The Bertz CT molecular complexity index is 1040. The Labute approximate surface area is 223 Å². The highest BCUT2D eigenvalue weighted by Crippen LogP contribution is 2.29.